The average Bonchev–Trinajstić information content (AvgIpc) is 3.21. The van der Waals surface area contributed by atoms with E-state index in [2.05, 4.69) is 109 Å². The first kappa shape index (κ1) is 39.1. The van der Waals surface area contributed by atoms with Crippen LogP contribution in [0.3, 0.4) is 0 Å². The standard InChI is InChI=1S/2C24H31P.Pd/c2*1-4-12-20(13-5-1)23-18-10-11-19-24(23)25(21-14-6-2-7-15-21)22-16-8-3-9-17-22;/h2*1,4-5,10-13,18-19,21-22H,2-3,6-9,14-17H2;/p+2. The zero-order chi connectivity index (χ0) is 33.8. The summed E-state index contributed by atoms with van der Waals surface area (Å²) < 4.78 is 0. The van der Waals surface area contributed by atoms with Crippen LogP contribution in [0.2, 0.25) is 0 Å². The van der Waals surface area contributed by atoms with E-state index in [0.29, 0.717) is 0 Å². The molecule has 4 fully saturated rings. The van der Waals surface area contributed by atoms with Crippen LogP contribution in [0.15, 0.2) is 109 Å². The van der Waals surface area contributed by atoms with Crippen molar-refractivity contribution in [3.63, 3.8) is 0 Å². The Balaban J connectivity index is 0.000000172. The van der Waals surface area contributed by atoms with E-state index in [4.69, 9.17) is 0 Å². The van der Waals surface area contributed by atoms with E-state index in [0.717, 1.165) is 22.6 Å². The molecule has 0 aromatic heterocycles. The van der Waals surface area contributed by atoms with Crippen molar-refractivity contribution < 1.29 is 20.4 Å². The van der Waals surface area contributed by atoms with Crippen LogP contribution < -0.4 is 10.6 Å². The molecule has 4 aromatic rings. The molecule has 0 atom stereocenters. The molecule has 0 unspecified atom stereocenters. The van der Waals surface area contributed by atoms with Gasteiger partial charge in [0.05, 0.1) is 33.2 Å². The summed E-state index contributed by atoms with van der Waals surface area (Å²) in [6.07, 6.45) is 29.6. The van der Waals surface area contributed by atoms with Crippen LogP contribution in [0, 0.1) is 0 Å². The molecular formula is C48H64P2Pd+2. The van der Waals surface area contributed by atoms with Crippen LogP contribution in [0.4, 0.5) is 0 Å². The van der Waals surface area contributed by atoms with Crippen molar-refractivity contribution in [1.29, 1.82) is 0 Å². The molecule has 0 radical (unpaired) electrons. The number of rotatable bonds is 8. The Morgan fingerprint density at radius 1 is 0.294 bits per heavy atom. The molecule has 274 valence electrons. The first-order valence-corrected chi connectivity index (χ1v) is 24.2. The molecule has 0 amide bonds. The van der Waals surface area contributed by atoms with Gasteiger partial charge in [-0.15, -0.1) is 0 Å². The molecule has 4 aliphatic carbocycles. The van der Waals surface area contributed by atoms with Crippen LogP contribution in [-0.2, 0) is 20.4 Å². The number of benzene rings is 4. The first-order valence-electron chi connectivity index (χ1n) is 20.9. The Labute approximate surface area is 327 Å². The van der Waals surface area contributed by atoms with Crippen molar-refractivity contribution in [2.24, 2.45) is 0 Å². The maximum absolute atomic E-state index is 2.50. The minimum absolute atomic E-state index is 0. The van der Waals surface area contributed by atoms with Gasteiger partial charge in [-0.05, 0) is 126 Å². The van der Waals surface area contributed by atoms with Crippen molar-refractivity contribution in [3.8, 4) is 22.3 Å². The fourth-order valence-electron chi connectivity index (χ4n) is 10.4. The monoisotopic (exact) mass is 808 g/mol. The topological polar surface area (TPSA) is 0 Å². The molecule has 4 saturated carbocycles. The van der Waals surface area contributed by atoms with Gasteiger partial charge in [0.1, 0.15) is 0 Å². The molecule has 0 aliphatic heterocycles. The Morgan fingerprint density at radius 2 is 0.549 bits per heavy atom. The fraction of sp³-hybridized carbons (Fsp3) is 0.500. The van der Waals surface area contributed by atoms with Crippen LogP contribution in [-0.4, -0.2) is 22.6 Å². The normalized spacial score (nSPS) is 19.6. The molecule has 0 saturated heterocycles. The third-order valence-corrected chi connectivity index (χ3v) is 20.8. The van der Waals surface area contributed by atoms with Crippen molar-refractivity contribution in [3.05, 3.63) is 109 Å². The van der Waals surface area contributed by atoms with E-state index >= 15 is 0 Å². The Kier molecular flexibility index (Phi) is 15.9. The zero-order valence-electron chi connectivity index (χ0n) is 31.2. The molecule has 4 aliphatic rings. The Morgan fingerprint density at radius 3 is 0.843 bits per heavy atom. The molecule has 0 heterocycles. The molecule has 0 N–H and O–H groups in total. The Hall–Kier alpha value is -1.60. The predicted octanol–water partition coefficient (Wildman–Crippen LogP) is 13.7. The summed E-state index contributed by atoms with van der Waals surface area (Å²) in [6, 6.07) is 41.2. The smallest absolute Gasteiger partial charge is 0.0622 e. The van der Waals surface area contributed by atoms with E-state index < -0.39 is 15.8 Å². The van der Waals surface area contributed by atoms with E-state index in [9.17, 15) is 0 Å². The average molecular weight is 809 g/mol. The number of hydrogen-bond acceptors (Lipinski definition) is 0. The second-order valence-corrected chi connectivity index (χ2v) is 22.2. The Bertz CT molecular complexity index is 1390. The molecule has 3 heteroatoms. The molecular weight excluding hydrogens is 745 g/mol. The predicted molar refractivity (Wildman–Crippen MR) is 227 cm³/mol. The summed E-state index contributed by atoms with van der Waals surface area (Å²) in [6.45, 7) is 0. The summed E-state index contributed by atoms with van der Waals surface area (Å²) in [7, 11) is -1.00. The van der Waals surface area contributed by atoms with Crippen LogP contribution in [0.1, 0.15) is 128 Å². The van der Waals surface area contributed by atoms with Crippen molar-refractivity contribution in [2.75, 3.05) is 0 Å². The summed E-state index contributed by atoms with van der Waals surface area (Å²) in [4.78, 5) is 0. The van der Waals surface area contributed by atoms with Crippen molar-refractivity contribution >= 4 is 26.5 Å². The third-order valence-electron chi connectivity index (χ3n) is 12.8. The molecule has 0 bridgehead atoms. The van der Waals surface area contributed by atoms with Crippen LogP contribution in [0.25, 0.3) is 22.3 Å². The van der Waals surface area contributed by atoms with E-state index in [-0.39, 0.29) is 20.4 Å². The molecule has 0 nitrogen and oxygen atoms in total. The van der Waals surface area contributed by atoms with Crippen molar-refractivity contribution in [1.82, 2.24) is 0 Å². The van der Waals surface area contributed by atoms with Gasteiger partial charge in [-0.2, -0.15) is 0 Å². The minimum Gasteiger partial charge on any atom is -0.0622 e. The molecule has 51 heavy (non-hydrogen) atoms. The fourth-order valence-corrected chi connectivity index (χ4v) is 19.3. The van der Waals surface area contributed by atoms with Crippen molar-refractivity contribution in [2.45, 2.75) is 151 Å². The molecule has 0 spiro atoms. The van der Waals surface area contributed by atoms with Gasteiger partial charge in [-0.25, -0.2) is 0 Å². The quantitative estimate of drug-likeness (QED) is 0.123. The summed E-state index contributed by atoms with van der Waals surface area (Å²) in [5.41, 5.74) is 9.94. The largest absolute Gasteiger partial charge is 0.0998 e. The van der Waals surface area contributed by atoms with E-state index in [1.54, 1.807) is 10.6 Å². The second kappa shape index (κ2) is 20.7. The van der Waals surface area contributed by atoms with E-state index in [1.165, 1.54) is 151 Å². The van der Waals surface area contributed by atoms with Gasteiger partial charge in [0.25, 0.3) is 0 Å². The molecule has 4 aromatic carbocycles. The summed E-state index contributed by atoms with van der Waals surface area (Å²) in [5, 5.41) is 3.50. The van der Waals surface area contributed by atoms with E-state index in [1.807, 2.05) is 0 Å². The van der Waals surface area contributed by atoms with Crippen LogP contribution in [0.5, 0.6) is 0 Å². The zero-order valence-corrected chi connectivity index (χ0v) is 34.7. The third kappa shape index (κ3) is 10.3. The summed E-state index contributed by atoms with van der Waals surface area (Å²) >= 11 is 0. The van der Waals surface area contributed by atoms with Gasteiger partial charge in [-0.1, -0.05) is 123 Å². The van der Waals surface area contributed by atoms with Crippen LogP contribution >= 0.6 is 15.8 Å². The SMILES string of the molecule is [Pd].c1ccc(-c2ccccc2[PH+](C2CCCCC2)C2CCCCC2)cc1.c1ccc(-c2ccccc2[PH+](C2CCCCC2)C2CCCCC2)cc1. The second-order valence-electron chi connectivity index (χ2n) is 16.1. The first-order chi connectivity index (χ1) is 24.9. The van der Waals surface area contributed by atoms with Gasteiger partial charge in [0.2, 0.25) is 0 Å². The maximum Gasteiger partial charge on any atom is 0.0998 e. The van der Waals surface area contributed by atoms with Gasteiger partial charge >= 0.3 is 0 Å². The summed E-state index contributed by atoms with van der Waals surface area (Å²) in [5.74, 6) is 0. The van der Waals surface area contributed by atoms with Gasteiger partial charge in [0, 0.05) is 47.4 Å². The minimum atomic E-state index is -0.500. The molecule has 8 rings (SSSR count). The number of hydrogen-bond donors (Lipinski definition) is 0. The van der Waals surface area contributed by atoms with Gasteiger partial charge < -0.3 is 0 Å². The van der Waals surface area contributed by atoms with Gasteiger partial charge in [-0.3, -0.25) is 0 Å². The van der Waals surface area contributed by atoms with Gasteiger partial charge in [0.15, 0.2) is 0 Å². The maximum atomic E-state index is 2.50.